The normalized spacial score (nSPS) is 22.2. The van der Waals surface area contributed by atoms with Gasteiger partial charge in [0.25, 0.3) is 0 Å². The molecule has 0 radical (unpaired) electrons. The van der Waals surface area contributed by atoms with Crippen molar-refractivity contribution in [1.29, 1.82) is 0 Å². The van der Waals surface area contributed by atoms with Crippen molar-refractivity contribution in [1.82, 2.24) is 10.2 Å². The summed E-state index contributed by atoms with van der Waals surface area (Å²) in [4.78, 5) is 7.15. The van der Waals surface area contributed by atoms with E-state index in [0.29, 0.717) is 33.0 Å². The molecule has 1 atom stereocenters. The van der Waals surface area contributed by atoms with Crippen molar-refractivity contribution in [2.45, 2.75) is 38.5 Å². The molecule has 0 aromatic heterocycles. The predicted octanol–water partition coefficient (Wildman–Crippen LogP) is 4.27. The van der Waals surface area contributed by atoms with E-state index in [9.17, 15) is 0 Å². The second-order valence-electron chi connectivity index (χ2n) is 9.31. The van der Waals surface area contributed by atoms with Gasteiger partial charge in [0.1, 0.15) is 12.4 Å². The Morgan fingerprint density at radius 1 is 1.00 bits per heavy atom. The number of ether oxygens (including phenoxy) is 3. The smallest absolute Gasteiger partial charge is 0.196 e. The number of nitrogens with zero attached hydrogens (tertiary/aromatic N) is 2. The first kappa shape index (κ1) is 23.9. The molecule has 2 N–H and O–H groups in total. The highest BCUT2D eigenvalue weighted by molar-refractivity contribution is 5.94. The highest BCUT2D eigenvalue weighted by atomic mass is 16.5. The molecule has 0 spiro atoms. The number of hydrogen-bond acceptors (Lipinski definition) is 7. The van der Waals surface area contributed by atoms with Gasteiger partial charge in [0.2, 0.25) is 0 Å². The molecule has 3 aliphatic heterocycles. The van der Waals surface area contributed by atoms with Crippen molar-refractivity contribution in [2.75, 3.05) is 51.3 Å². The van der Waals surface area contributed by atoms with E-state index in [1.165, 1.54) is 37.1 Å². The van der Waals surface area contributed by atoms with Crippen LogP contribution in [0.25, 0.3) is 0 Å². The minimum atomic E-state index is 0.213. The van der Waals surface area contributed by atoms with Gasteiger partial charge in [0.05, 0.1) is 32.5 Å². The molecule has 3 heterocycles. The first-order valence-corrected chi connectivity index (χ1v) is 12.8. The average molecular weight is 477 g/mol. The summed E-state index contributed by atoms with van der Waals surface area (Å²) < 4.78 is 18.0. The van der Waals surface area contributed by atoms with Gasteiger partial charge in [-0.2, -0.15) is 0 Å². The van der Waals surface area contributed by atoms with Gasteiger partial charge < -0.3 is 24.8 Å². The lowest BCUT2D eigenvalue weighted by Crippen LogP contribution is -2.38. The molecule has 0 amide bonds. The summed E-state index contributed by atoms with van der Waals surface area (Å²) in [5.41, 5.74) is 4.44. The predicted molar refractivity (Wildman–Crippen MR) is 139 cm³/mol. The molecule has 0 saturated carbocycles. The first-order chi connectivity index (χ1) is 17.3. The van der Waals surface area contributed by atoms with E-state index in [4.69, 9.17) is 14.2 Å². The molecule has 2 aromatic rings. The lowest BCUT2D eigenvalue weighted by molar-refractivity contribution is 0.138. The molecule has 186 valence electrons. The molecule has 5 rings (SSSR count). The minimum absolute atomic E-state index is 0.213. The molecular formula is C28H36N4O3. The van der Waals surface area contributed by atoms with Crippen molar-refractivity contribution in [3.8, 4) is 5.75 Å². The standard InChI is InChI=1S/C28H36N4O3/c1-2-13-32(12-1)14-17-35-27-9-8-25-19-24(27)21-34-16-4-3-15-33-20-22-6-5-7-23(18-22)26-10-11-29-28(30-25)31-26/h3-9,18-19,26H,1-2,10-17,20-21H2,(H2,29,30,31)/b4-3-. The lowest BCUT2D eigenvalue weighted by Gasteiger charge is -2.26. The van der Waals surface area contributed by atoms with Gasteiger partial charge in [0, 0.05) is 24.3 Å². The summed E-state index contributed by atoms with van der Waals surface area (Å²) in [5.74, 6) is 1.67. The number of likely N-dealkylation sites (tertiary alicyclic amines) is 1. The van der Waals surface area contributed by atoms with E-state index >= 15 is 0 Å². The fourth-order valence-electron chi connectivity index (χ4n) is 4.77. The van der Waals surface area contributed by atoms with Crippen LogP contribution >= 0.6 is 0 Å². The van der Waals surface area contributed by atoms with Crippen LogP contribution in [0, 0.1) is 0 Å². The maximum absolute atomic E-state index is 6.19. The molecular weight excluding hydrogens is 440 g/mol. The van der Waals surface area contributed by atoms with E-state index in [1.807, 2.05) is 18.2 Å². The van der Waals surface area contributed by atoms with Crippen molar-refractivity contribution >= 4 is 11.6 Å². The van der Waals surface area contributed by atoms with Gasteiger partial charge >= 0.3 is 0 Å². The molecule has 1 fully saturated rings. The molecule has 35 heavy (non-hydrogen) atoms. The largest absolute Gasteiger partial charge is 0.492 e. The van der Waals surface area contributed by atoms with Crippen molar-refractivity contribution in [3.05, 3.63) is 71.3 Å². The third-order valence-electron chi connectivity index (χ3n) is 6.66. The Hall–Kier alpha value is -2.87. The number of guanidine groups is 1. The molecule has 1 unspecified atom stereocenters. The highest BCUT2D eigenvalue weighted by Gasteiger charge is 2.19. The maximum atomic E-state index is 6.19. The number of nitrogens with one attached hydrogen (secondary N) is 2. The summed E-state index contributed by atoms with van der Waals surface area (Å²) in [5, 5.41) is 7.05. The van der Waals surface area contributed by atoms with Gasteiger partial charge in [-0.1, -0.05) is 36.4 Å². The molecule has 1 saturated heterocycles. The first-order valence-electron chi connectivity index (χ1n) is 12.8. The minimum Gasteiger partial charge on any atom is -0.492 e. The summed E-state index contributed by atoms with van der Waals surface area (Å²) in [6.45, 7) is 6.95. The van der Waals surface area contributed by atoms with Gasteiger partial charge in [-0.15, -0.1) is 0 Å². The van der Waals surface area contributed by atoms with Crippen LogP contribution in [0.5, 0.6) is 5.75 Å². The topological polar surface area (TPSA) is 67.4 Å². The van der Waals surface area contributed by atoms with Crippen LogP contribution in [-0.2, 0) is 22.7 Å². The molecule has 0 aliphatic carbocycles. The van der Waals surface area contributed by atoms with Crippen LogP contribution in [0.2, 0.25) is 0 Å². The second kappa shape index (κ2) is 12.2. The summed E-state index contributed by atoms with van der Waals surface area (Å²) >= 11 is 0. The average Bonchev–Trinajstić information content (AvgIpc) is 3.40. The fraction of sp³-hybridized carbons (Fsp3) is 0.464. The summed E-state index contributed by atoms with van der Waals surface area (Å²) in [6, 6.07) is 15.0. The van der Waals surface area contributed by atoms with E-state index in [0.717, 1.165) is 42.5 Å². The van der Waals surface area contributed by atoms with Crippen LogP contribution in [-0.4, -0.2) is 56.9 Å². The number of benzene rings is 2. The second-order valence-corrected chi connectivity index (χ2v) is 9.31. The van der Waals surface area contributed by atoms with Gasteiger partial charge in [0.15, 0.2) is 5.96 Å². The zero-order chi connectivity index (χ0) is 23.7. The van der Waals surface area contributed by atoms with Crippen LogP contribution < -0.4 is 15.4 Å². The number of fused-ring (bicyclic) bond motifs is 7. The Labute approximate surface area is 208 Å². The summed E-state index contributed by atoms with van der Waals surface area (Å²) in [6.07, 6.45) is 7.58. The number of aliphatic imine (C=N–C) groups is 1. The zero-order valence-electron chi connectivity index (χ0n) is 20.4. The Kier molecular flexibility index (Phi) is 8.31. The van der Waals surface area contributed by atoms with Gasteiger partial charge in [-0.05, 0) is 61.7 Å². The van der Waals surface area contributed by atoms with Crippen LogP contribution in [0.15, 0.2) is 59.6 Å². The van der Waals surface area contributed by atoms with E-state index in [-0.39, 0.29) is 6.04 Å². The van der Waals surface area contributed by atoms with Crippen molar-refractivity contribution < 1.29 is 14.2 Å². The van der Waals surface area contributed by atoms with Crippen LogP contribution in [0.1, 0.15) is 42.0 Å². The number of rotatable bonds is 4. The van der Waals surface area contributed by atoms with Crippen molar-refractivity contribution in [2.24, 2.45) is 4.99 Å². The quantitative estimate of drug-likeness (QED) is 0.643. The monoisotopic (exact) mass is 476 g/mol. The Balaban J connectivity index is 1.31. The SMILES string of the molecule is C1=C\COCc2cc(ccc2OCCN2CCCC2)NC2=NCCC(N2)c2cccc(c2)COC/1. The Bertz CT molecular complexity index is 1030. The number of hydrogen-bond donors (Lipinski definition) is 2. The van der Waals surface area contributed by atoms with E-state index in [2.05, 4.69) is 56.9 Å². The third kappa shape index (κ3) is 6.84. The van der Waals surface area contributed by atoms with Crippen molar-refractivity contribution in [3.63, 3.8) is 0 Å². The third-order valence-corrected chi connectivity index (χ3v) is 6.66. The molecule has 2 aromatic carbocycles. The van der Waals surface area contributed by atoms with Crippen LogP contribution in [0.3, 0.4) is 0 Å². The zero-order valence-corrected chi connectivity index (χ0v) is 20.4. The van der Waals surface area contributed by atoms with Gasteiger partial charge in [-0.3, -0.25) is 9.89 Å². The Morgan fingerprint density at radius 2 is 1.86 bits per heavy atom. The van der Waals surface area contributed by atoms with Gasteiger partial charge in [-0.25, -0.2) is 0 Å². The Morgan fingerprint density at radius 3 is 2.74 bits per heavy atom. The molecule has 6 bridgehead atoms. The molecule has 7 heteroatoms. The lowest BCUT2D eigenvalue weighted by atomic mass is 10.0. The summed E-state index contributed by atoms with van der Waals surface area (Å²) in [7, 11) is 0. The number of anilines is 1. The maximum Gasteiger partial charge on any atom is 0.196 e. The molecule has 3 aliphatic rings. The molecule has 7 nitrogen and oxygen atoms in total. The fourth-order valence-corrected chi connectivity index (χ4v) is 4.77. The van der Waals surface area contributed by atoms with E-state index < -0.39 is 0 Å². The van der Waals surface area contributed by atoms with E-state index in [1.54, 1.807) is 0 Å². The van der Waals surface area contributed by atoms with Crippen LogP contribution in [0.4, 0.5) is 5.69 Å². The highest BCUT2D eigenvalue weighted by Crippen LogP contribution is 2.26.